The van der Waals surface area contributed by atoms with Gasteiger partial charge in [-0.15, -0.1) is 0 Å². The van der Waals surface area contributed by atoms with E-state index in [1.807, 2.05) is 44.2 Å². The number of esters is 1. The van der Waals surface area contributed by atoms with Crippen LogP contribution in [-0.2, 0) is 25.7 Å². The summed E-state index contributed by atoms with van der Waals surface area (Å²) in [5.74, 6) is 0.208. The smallest absolute Gasteiger partial charge is 0.312 e. The Morgan fingerprint density at radius 1 is 0.977 bits per heavy atom. The summed E-state index contributed by atoms with van der Waals surface area (Å²) in [4.78, 5) is 38.2. The number of hydrogen-bond donors (Lipinski definition) is 1. The summed E-state index contributed by atoms with van der Waals surface area (Å²) in [6.45, 7) is 4.13. The van der Waals surface area contributed by atoms with Crippen LogP contribution in [0.25, 0.3) is 10.8 Å². The van der Waals surface area contributed by atoms with Crippen molar-refractivity contribution in [3.8, 4) is 11.5 Å². The molecule has 2 aliphatic rings. The zero-order valence-corrected chi connectivity index (χ0v) is 25.4. The molecule has 8 nitrogen and oxygen atoms in total. The molecule has 0 aliphatic heterocycles. The fourth-order valence-electron chi connectivity index (χ4n) is 6.44. The van der Waals surface area contributed by atoms with E-state index in [4.69, 9.17) is 18.9 Å². The molecule has 228 valence electrons. The highest BCUT2D eigenvalue weighted by Gasteiger charge is 2.40. The van der Waals surface area contributed by atoms with Gasteiger partial charge in [-0.3, -0.25) is 9.59 Å². The van der Waals surface area contributed by atoms with E-state index in [9.17, 15) is 14.4 Å². The number of hydrogen-bond acceptors (Lipinski definition) is 7. The third kappa shape index (κ3) is 6.54. The summed E-state index contributed by atoms with van der Waals surface area (Å²) in [6.07, 6.45) is 4.60. The van der Waals surface area contributed by atoms with E-state index < -0.39 is 11.5 Å². The van der Waals surface area contributed by atoms with Crippen molar-refractivity contribution in [3.05, 3.63) is 71.3 Å². The van der Waals surface area contributed by atoms with Gasteiger partial charge in [0.15, 0.2) is 0 Å². The fraction of sp³-hybridized carbons (Fsp3) is 0.457. The van der Waals surface area contributed by atoms with Crippen molar-refractivity contribution in [3.63, 3.8) is 0 Å². The highest BCUT2D eigenvalue weighted by molar-refractivity contribution is 5.98. The first-order valence-corrected chi connectivity index (χ1v) is 15.0. The largest absolute Gasteiger partial charge is 0.496 e. The van der Waals surface area contributed by atoms with Gasteiger partial charge in [-0.2, -0.15) is 0 Å². The minimum absolute atomic E-state index is 0.103. The molecule has 0 heterocycles. The zero-order valence-electron chi connectivity index (χ0n) is 25.4. The molecule has 0 aromatic heterocycles. The Kier molecular flexibility index (Phi) is 9.35. The van der Waals surface area contributed by atoms with Crippen molar-refractivity contribution in [1.29, 1.82) is 0 Å². The van der Waals surface area contributed by atoms with Crippen molar-refractivity contribution < 1.29 is 33.3 Å². The Hall–Kier alpha value is -3.91. The first kappa shape index (κ1) is 30.5. The summed E-state index contributed by atoms with van der Waals surface area (Å²) in [6, 6.07) is 17.2. The summed E-state index contributed by atoms with van der Waals surface area (Å²) >= 11 is 0. The van der Waals surface area contributed by atoms with Crippen molar-refractivity contribution in [2.24, 2.45) is 11.3 Å². The number of ether oxygens (including phenoxy) is 4. The molecule has 0 saturated heterocycles. The quantitative estimate of drug-likeness (QED) is 0.231. The molecule has 3 aromatic carbocycles. The van der Waals surface area contributed by atoms with Gasteiger partial charge < -0.3 is 29.1 Å². The van der Waals surface area contributed by atoms with Crippen LogP contribution in [0.15, 0.2) is 54.6 Å². The molecule has 0 bridgehead atoms. The van der Waals surface area contributed by atoms with Crippen molar-refractivity contribution in [1.82, 2.24) is 5.32 Å². The lowest BCUT2D eigenvalue weighted by Gasteiger charge is -2.35. The molecule has 2 fully saturated rings. The lowest BCUT2D eigenvalue weighted by atomic mass is 9.74. The van der Waals surface area contributed by atoms with Gasteiger partial charge in [-0.1, -0.05) is 42.5 Å². The van der Waals surface area contributed by atoms with Gasteiger partial charge in [-0.05, 0) is 86.4 Å². The Labute approximate surface area is 253 Å². The second-order valence-corrected chi connectivity index (χ2v) is 12.1. The molecule has 2 saturated carbocycles. The number of methoxy groups -OCH3 is 2. The van der Waals surface area contributed by atoms with Gasteiger partial charge in [0.1, 0.15) is 24.4 Å². The van der Waals surface area contributed by atoms with Crippen LogP contribution in [0.4, 0.5) is 0 Å². The normalized spacial score (nSPS) is 25.2. The number of nitrogens with one attached hydrogen (secondary N) is 1. The first-order chi connectivity index (χ1) is 20.8. The molecule has 3 aromatic rings. The fourth-order valence-corrected chi connectivity index (χ4v) is 6.44. The van der Waals surface area contributed by atoms with E-state index in [1.165, 1.54) is 7.11 Å². The molecule has 3 atom stereocenters. The highest BCUT2D eigenvalue weighted by Crippen LogP contribution is 2.40. The predicted octanol–water partition coefficient (Wildman–Crippen LogP) is 5.95. The minimum Gasteiger partial charge on any atom is -0.496 e. The second kappa shape index (κ2) is 13.2. The van der Waals surface area contributed by atoms with E-state index in [-0.39, 0.29) is 36.6 Å². The molecule has 8 heteroatoms. The average molecular weight is 588 g/mol. The third-order valence-corrected chi connectivity index (χ3v) is 9.22. The molecule has 1 amide bonds. The van der Waals surface area contributed by atoms with E-state index >= 15 is 0 Å². The number of amides is 1. The summed E-state index contributed by atoms with van der Waals surface area (Å²) in [5.41, 5.74) is 1.60. The maximum absolute atomic E-state index is 13.4. The van der Waals surface area contributed by atoms with Gasteiger partial charge in [-0.25, -0.2) is 0 Å². The summed E-state index contributed by atoms with van der Waals surface area (Å²) in [7, 11) is 3.12. The van der Waals surface area contributed by atoms with E-state index in [1.54, 1.807) is 19.2 Å². The lowest BCUT2D eigenvalue weighted by molar-refractivity contribution is -0.159. The molecule has 0 spiro atoms. The van der Waals surface area contributed by atoms with Crippen molar-refractivity contribution in [2.75, 3.05) is 14.2 Å². The monoisotopic (exact) mass is 587 g/mol. The Balaban J connectivity index is 1.21. The maximum Gasteiger partial charge on any atom is 0.312 e. The predicted molar refractivity (Wildman–Crippen MR) is 163 cm³/mol. The van der Waals surface area contributed by atoms with Gasteiger partial charge in [0, 0.05) is 13.0 Å². The third-order valence-electron chi connectivity index (χ3n) is 9.22. The summed E-state index contributed by atoms with van der Waals surface area (Å²) in [5, 5.41) is 5.21. The number of fused-ring (bicyclic) bond motifs is 1. The van der Waals surface area contributed by atoms with E-state index in [2.05, 4.69) is 17.4 Å². The first-order valence-electron chi connectivity index (χ1n) is 15.0. The molecule has 2 aliphatic carbocycles. The van der Waals surface area contributed by atoms with Gasteiger partial charge in [0.05, 0.1) is 36.3 Å². The molecular formula is C35H41NO7. The molecular weight excluding hydrogens is 546 g/mol. The highest BCUT2D eigenvalue weighted by atomic mass is 16.5. The van der Waals surface area contributed by atoms with Gasteiger partial charge in [0.2, 0.25) is 0 Å². The molecule has 0 radical (unpaired) electrons. The van der Waals surface area contributed by atoms with Crippen molar-refractivity contribution in [2.45, 2.75) is 77.2 Å². The minimum atomic E-state index is -0.585. The number of aldehydes is 1. The van der Waals surface area contributed by atoms with Crippen LogP contribution in [0.2, 0.25) is 0 Å². The average Bonchev–Trinajstić information content (AvgIpc) is 3.42. The van der Waals surface area contributed by atoms with Crippen LogP contribution >= 0.6 is 0 Å². The van der Waals surface area contributed by atoms with E-state index in [0.717, 1.165) is 28.2 Å². The number of benzene rings is 3. The molecule has 0 unspecified atom stereocenters. The maximum atomic E-state index is 13.4. The number of rotatable bonds is 10. The van der Waals surface area contributed by atoms with Crippen LogP contribution in [0.3, 0.4) is 0 Å². The lowest BCUT2D eigenvalue weighted by Crippen LogP contribution is -2.45. The standard InChI is InChI=1S/C35H41NO7/c1-22-18-31(41-4)28(33(38)36-32-24(20-37)12-13-29(32)40-3)19-30(22)43-26-14-16-35(2,17-15-26)34(39)42-21-25-10-7-9-23-8-5-6-11-27(23)25/h5-11,18-20,24,26,29,32H,12-17,21H2,1-4H3,(H,36,38)/t24-,26?,29-,32+,35?/m1/s1. The van der Waals surface area contributed by atoms with Gasteiger partial charge in [0.25, 0.3) is 5.91 Å². The molecule has 1 N–H and O–H groups in total. The SMILES string of the molecule is COc1cc(C)c(OC2CCC(C)(C(=O)OCc3cccc4ccccc34)CC2)cc1C(=O)N[C@H]1[C@@H](C=O)CC[C@H]1OC. The Morgan fingerprint density at radius 3 is 2.44 bits per heavy atom. The van der Waals surface area contributed by atoms with Crippen LogP contribution < -0.4 is 14.8 Å². The van der Waals surface area contributed by atoms with Crippen LogP contribution in [-0.4, -0.2) is 50.6 Å². The number of carbonyl (C=O) groups is 3. The Bertz CT molecular complexity index is 1470. The molecule has 5 rings (SSSR count). The molecule has 43 heavy (non-hydrogen) atoms. The summed E-state index contributed by atoms with van der Waals surface area (Å²) < 4.78 is 23.3. The van der Waals surface area contributed by atoms with Crippen LogP contribution in [0.1, 0.15) is 66.9 Å². The Morgan fingerprint density at radius 2 is 1.72 bits per heavy atom. The van der Waals surface area contributed by atoms with Crippen molar-refractivity contribution >= 4 is 28.9 Å². The zero-order chi connectivity index (χ0) is 30.6. The topological polar surface area (TPSA) is 100 Å². The number of carbonyl (C=O) groups excluding carboxylic acids is 3. The number of aryl methyl sites for hydroxylation is 1. The van der Waals surface area contributed by atoms with E-state index in [0.29, 0.717) is 55.6 Å². The van der Waals surface area contributed by atoms with Gasteiger partial charge >= 0.3 is 5.97 Å². The van der Waals surface area contributed by atoms with Crippen LogP contribution in [0.5, 0.6) is 11.5 Å². The second-order valence-electron chi connectivity index (χ2n) is 12.1. The van der Waals surface area contributed by atoms with Crippen LogP contribution in [0, 0.1) is 18.3 Å².